The van der Waals surface area contributed by atoms with Crippen LogP contribution in [0, 0.1) is 5.92 Å². The lowest BCUT2D eigenvalue weighted by atomic mass is 9.92. The van der Waals surface area contributed by atoms with E-state index in [0.29, 0.717) is 19.1 Å². The van der Waals surface area contributed by atoms with Gasteiger partial charge in [-0.1, -0.05) is 38.1 Å². The van der Waals surface area contributed by atoms with Crippen molar-refractivity contribution in [3.63, 3.8) is 0 Å². The SMILES string of the molecule is CCOc1cccc(C(CN)Cc2cccc(OCC(C)C)c2)c1. The number of rotatable bonds is 9. The van der Waals surface area contributed by atoms with Gasteiger partial charge >= 0.3 is 0 Å². The van der Waals surface area contributed by atoms with Crippen molar-refractivity contribution in [1.82, 2.24) is 0 Å². The summed E-state index contributed by atoms with van der Waals surface area (Å²) in [5.74, 6) is 2.63. The zero-order valence-electron chi connectivity index (χ0n) is 15.0. The van der Waals surface area contributed by atoms with Crippen molar-refractivity contribution in [2.24, 2.45) is 11.7 Å². The average Bonchev–Trinajstić information content (AvgIpc) is 2.59. The molecule has 2 rings (SSSR count). The summed E-state index contributed by atoms with van der Waals surface area (Å²) in [5.41, 5.74) is 8.50. The Balaban J connectivity index is 2.09. The number of ether oxygens (including phenoxy) is 2. The van der Waals surface area contributed by atoms with Gasteiger partial charge in [0.05, 0.1) is 13.2 Å². The Hall–Kier alpha value is -2.00. The van der Waals surface area contributed by atoms with Crippen LogP contribution in [0.5, 0.6) is 11.5 Å². The van der Waals surface area contributed by atoms with Crippen LogP contribution in [0.15, 0.2) is 48.5 Å². The molecule has 0 aliphatic rings. The third kappa shape index (κ3) is 5.57. The van der Waals surface area contributed by atoms with Crippen molar-refractivity contribution in [3.05, 3.63) is 59.7 Å². The average molecular weight is 327 g/mol. The first-order chi connectivity index (χ1) is 11.6. The summed E-state index contributed by atoms with van der Waals surface area (Å²) in [4.78, 5) is 0. The van der Waals surface area contributed by atoms with Crippen LogP contribution < -0.4 is 15.2 Å². The van der Waals surface area contributed by atoms with Gasteiger partial charge in [0.15, 0.2) is 0 Å². The Labute approximate surface area is 145 Å². The first-order valence-electron chi connectivity index (χ1n) is 8.77. The minimum atomic E-state index is 0.269. The highest BCUT2D eigenvalue weighted by Gasteiger charge is 2.12. The molecule has 2 aromatic carbocycles. The van der Waals surface area contributed by atoms with Gasteiger partial charge in [-0.2, -0.15) is 0 Å². The molecule has 0 aliphatic carbocycles. The molecule has 1 atom stereocenters. The third-order valence-corrected chi connectivity index (χ3v) is 3.89. The summed E-state index contributed by atoms with van der Waals surface area (Å²) in [6, 6.07) is 16.6. The summed E-state index contributed by atoms with van der Waals surface area (Å²) >= 11 is 0. The normalized spacial score (nSPS) is 12.2. The lowest BCUT2D eigenvalue weighted by Gasteiger charge is -2.17. The quantitative estimate of drug-likeness (QED) is 0.742. The summed E-state index contributed by atoms with van der Waals surface area (Å²) in [5, 5.41) is 0. The number of hydrogen-bond donors (Lipinski definition) is 1. The molecule has 3 heteroatoms. The molecule has 0 radical (unpaired) electrons. The molecule has 0 bridgehead atoms. The fourth-order valence-corrected chi connectivity index (χ4v) is 2.67. The van der Waals surface area contributed by atoms with Crippen molar-refractivity contribution >= 4 is 0 Å². The van der Waals surface area contributed by atoms with Crippen LogP contribution in [0.2, 0.25) is 0 Å². The molecule has 0 fully saturated rings. The Morgan fingerprint density at radius 3 is 2.33 bits per heavy atom. The van der Waals surface area contributed by atoms with Gasteiger partial charge in [-0.3, -0.25) is 0 Å². The molecule has 0 saturated heterocycles. The van der Waals surface area contributed by atoms with E-state index < -0.39 is 0 Å². The van der Waals surface area contributed by atoms with E-state index in [1.165, 1.54) is 11.1 Å². The van der Waals surface area contributed by atoms with Crippen molar-refractivity contribution in [2.45, 2.75) is 33.1 Å². The first kappa shape index (κ1) is 18.3. The molecule has 1 unspecified atom stereocenters. The summed E-state index contributed by atoms with van der Waals surface area (Å²) < 4.78 is 11.4. The van der Waals surface area contributed by atoms with Crippen LogP contribution >= 0.6 is 0 Å². The predicted molar refractivity (Wildman–Crippen MR) is 99.9 cm³/mol. The van der Waals surface area contributed by atoms with Crippen LogP contribution in [0.4, 0.5) is 0 Å². The molecular formula is C21H29NO2. The largest absolute Gasteiger partial charge is 0.494 e. The van der Waals surface area contributed by atoms with E-state index in [0.717, 1.165) is 24.5 Å². The maximum Gasteiger partial charge on any atom is 0.119 e. The zero-order valence-corrected chi connectivity index (χ0v) is 15.0. The fraction of sp³-hybridized carbons (Fsp3) is 0.429. The van der Waals surface area contributed by atoms with Crippen LogP contribution in [-0.2, 0) is 6.42 Å². The molecule has 0 heterocycles. The molecule has 0 saturated carbocycles. The van der Waals surface area contributed by atoms with E-state index in [9.17, 15) is 0 Å². The fourth-order valence-electron chi connectivity index (χ4n) is 2.67. The monoisotopic (exact) mass is 327 g/mol. The van der Waals surface area contributed by atoms with Gasteiger partial charge in [-0.25, -0.2) is 0 Å². The van der Waals surface area contributed by atoms with Gasteiger partial charge in [0.25, 0.3) is 0 Å². The Morgan fingerprint density at radius 2 is 1.67 bits per heavy atom. The minimum Gasteiger partial charge on any atom is -0.494 e. The Morgan fingerprint density at radius 1 is 0.958 bits per heavy atom. The molecule has 130 valence electrons. The second-order valence-electron chi connectivity index (χ2n) is 6.49. The lowest BCUT2D eigenvalue weighted by Crippen LogP contribution is -2.15. The molecule has 0 aromatic heterocycles. The second-order valence-corrected chi connectivity index (χ2v) is 6.49. The highest BCUT2D eigenvalue weighted by molar-refractivity contribution is 5.34. The van der Waals surface area contributed by atoms with Gasteiger partial charge in [0.2, 0.25) is 0 Å². The lowest BCUT2D eigenvalue weighted by molar-refractivity contribution is 0.271. The minimum absolute atomic E-state index is 0.269. The number of benzene rings is 2. The van der Waals surface area contributed by atoms with Crippen molar-refractivity contribution in [1.29, 1.82) is 0 Å². The van der Waals surface area contributed by atoms with Gasteiger partial charge in [-0.15, -0.1) is 0 Å². The van der Waals surface area contributed by atoms with Gasteiger partial charge in [0.1, 0.15) is 11.5 Å². The van der Waals surface area contributed by atoms with Crippen LogP contribution in [0.3, 0.4) is 0 Å². The van der Waals surface area contributed by atoms with Gasteiger partial charge < -0.3 is 15.2 Å². The maximum absolute atomic E-state index is 6.04. The molecule has 24 heavy (non-hydrogen) atoms. The van der Waals surface area contributed by atoms with Crippen molar-refractivity contribution in [2.75, 3.05) is 19.8 Å². The Bertz CT molecular complexity index is 625. The highest BCUT2D eigenvalue weighted by Crippen LogP contribution is 2.25. The van der Waals surface area contributed by atoms with E-state index in [4.69, 9.17) is 15.2 Å². The highest BCUT2D eigenvalue weighted by atomic mass is 16.5. The van der Waals surface area contributed by atoms with Crippen LogP contribution in [0.25, 0.3) is 0 Å². The van der Waals surface area contributed by atoms with E-state index in [1.54, 1.807) is 0 Å². The predicted octanol–water partition coefficient (Wildman–Crippen LogP) is 4.41. The maximum atomic E-state index is 6.04. The van der Waals surface area contributed by atoms with E-state index in [1.807, 2.05) is 25.1 Å². The second kappa shape index (κ2) is 9.33. The topological polar surface area (TPSA) is 44.5 Å². The number of hydrogen-bond acceptors (Lipinski definition) is 3. The smallest absolute Gasteiger partial charge is 0.119 e. The standard InChI is InChI=1S/C21H29NO2/c1-4-23-21-10-6-8-18(13-21)19(14-22)11-17-7-5-9-20(12-17)24-15-16(2)3/h5-10,12-13,16,19H,4,11,14-15,22H2,1-3H3. The summed E-state index contributed by atoms with van der Waals surface area (Å²) in [6.45, 7) is 8.31. The van der Waals surface area contributed by atoms with E-state index in [-0.39, 0.29) is 5.92 Å². The van der Waals surface area contributed by atoms with Crippen LogP contribution in [0.1, 0.15) is 37.8 Å². The summed E-state index contributed by atoms with van der Waals surface area (Å²) in [7, 11) is 0. The molecular weight excluding hydrogens is 298 g/mol. The first-order valence-corrected chi connectivity index (χ1v) is 8.77. The number of nitrogens with two attached hydrogens (primary N) is 1. The van der Waals surface area contributed by atoms with E-state index >= 15 is 0 Å². The molecule has 2 aromatic rings. The zero-order chi connectivity index (χ0) is 17.4. The third-order valence-electron chi connectivity index (χ3n) is 3.89. The van der Waals surface area contributed by atoms with E-state index in [2.05, 4.69) is 44.2 Å². The molecule has 0 amide bonds. The Kier molecular flexibility index (Phi) is 7.13. The van der Waals surface area contributed by atoms with Gasteiger partial charge in [-0.05, 0) is 61.2 Å². The summed E-state index contributed by atoms with van der Waals surface area (Å²) in [6.07, 6.45) is 0.894. The molecule has 0 spiro atoms. The molecule has 0 aliphatic heterocycles. The van der Waals surface area contributed by atoms with Crippen molar-refractivity contribution < 1.29 is 9.47 Å². The van der Waals surface area contributed by atoms with Crippen LogP contribution in [-0.4, -0.2) is 19.8 Å². The molecule has 3 nitrogen and oxygen atoms in total. The molecule has 2 N–H and O–H groups in total. The van der Waals surface area contributed by atoms with Gasteiger partial charge in [0, 0.05) is 5.92 Å². The van der Waals surface area contributed by atoms with Crippen molar-refractivity contribution in [3.8, 4) is 11.5 Å².